The molecule has 0 atom stereocenters. The van der Waals surface area contributed by atoms with Gasteiger partial charge in [0.05, 0.1) is 19.7 Å². The van der Waals surface area contributed by atoms with E-state index in [0.29, 0.717) is 26.3 Å². The Bertz CT molecular complexity index is 604. The Hall–Kier alpha value is -1.67. The number of carboxylic acid groups (broad SMARTS) is 1. The molecule has 1 aliphatic rings. The van der Waals surface area contributed by atoms with Crippen LogP contribution in [0, 0.1) is 0 Å². The molecule has 7 nitrogen and oxygen atoms in total. The molecule has 158 valence electrons. The number of carbonyl (C=O) groups excluding carboxylic acids is 1. The summed E-state index contributed by atoms with van der Waals surface area (Å²) in [5.41, 5.74) is 2.19. The molecule has 0 saturated carbocycles. The van der Waals surface area contributed by atoms with E-state index in [1.165, 1.54) is 0 Å². The average Bonchev–Trinajstić information content (AvgIpc) is 2.65. The van der Waals surface area contributed by atoms with Crippen molar-refractivity contribution >= 4 is 24.3 Å². The van der Waals surface area contributed by atoms with Gasteiger partial charge in [0.1, 0.15) is 0 Å². The highest BCUT2D eigenvalue weighted by Gasteiger charge is 2.24. The van der Waals surface area contributed by atoms with Crippen molar-refractivity contribution in [2.45, 2.75) is 39.0 Å². The SMILES string of the molecule is CCOCc1ccc(CNC(=O)CN2CCC(N(C)CC(=O)O)CC2)cc1.Cl. The molecule has 8 heteroatoms. The van der Waals surface area contributed by atoms with Crippen molar-refractivity contribution in [3.05, 3.63) is 35.4 Å². The van der Waals surface area contributed by atoms with Crippen LogP contribution in [0.2, 0.25) is 0 Å². The number of carbonyl (C=O) groups is 2. The summed E-state index contributed by atoms with van der Waals surface area (Å²) >= 11 is 0. The lowest BCUT2D eigenvalue weighted by molar-refractivity contribution is -0.138. The summed E-state index contributed by atoms with van der Waals surface area (Å²) in [6.07, 6.45) is 1.77. The van der Waals surface area contributed by atoms with E-state index in [-0.39, 0.29) is 30.9 Å². The molecule has 1 saturated heterocycles. The number of ether oxygens (including phenoxy) is 1. The van der Waals surface area contributed by atoms with Crippen LogP contribution < -0.4 is 5.32 Å². The number of carboxylic acids is 1. The number of amides is 1. The van der Waals surface area contributed by atoms with Gasteiger partial charge in [-0.2, -0.15) is 0 Å². The highest BCUT2D eigenvalue weighted by atomic mass is 35.5. The number of likely N-dealkylation sites (N-methyl/N-ethyl adjacent to an activating group) is 1. The van der Waals surface area contributed by atoms with Crippen LogP contribution in [0.1, 0.15) is 30.9 Å². The van der Waals surface area contributed by atoms with Gasteiger partial charge in [0.25, 0.3) is 0 Å². The Labute approximate surface area is 173 Å². The molecule has 1 aromatic rings. The van der Waals surface area contributed by atoms with Gasteiger partial charge in [0.2, 0.25) is 5.91 Å². The van der Waals surface area contributed by atoms with Gasteiger partial charge in [-0.05, 0) is 37.9 Å². The van der Waals surface area contributed by atoms with Crippen molar-refractivity contribution in [1.29, 1.82) is 0 Å². The maximum absolute atomic E-state index is 12.2. The molecule has 1 amide bonds. The standard InChI is InChI=1S/C20H31N3O4.ClH/c1-3-27-15-17-6-4-16(5-7-17)12-21-19(24)13-23-10-8-18(9-11-23)22(2)14-20(25)26;/h4-7,18H,3,8-15H2,1-2H3,(H,21,24)(H,25,26);1H. The van der Waals surface area contributed by atoms with Crippen LogP contribution in [0.15, 0.2) is 24.3 Å². The van der Waals surface area contributed by atoms with E-state index in [2.05, 4.69) is 10.2 Å². The predicted molar refractivity (Wildman–Crippen MR) is 111 cm³/mol. The molecule has 0 aromatic heterocycles. The van der Waals surface area contributed by atoms with E-state index in [0.717, 1.165) is 37.1 Å². The zero-order valence-corrected chi connectivity index (χ0v) is 17.5. The molecule has 1 aliphatic heterocycles. The van der Waals surface area contributed by atoms with Crippen LogP contribution in [-0.2, 0) is 27.5 Å². The lowest BCUT2D eigenvalue weighted by Gasteiger charge is -2.35. The van der Waals surface area contributed by atoms with Crippen LogP contribution in [0.3, 0.4) is 0 Å². The van der Waals surface area contributed by atoms with E-state index in [1.54, 1.807) is 0 Å². The van der Waals surface area contributed by atoms with Crippen LogP contribution >= 0.6 is 12.4 Å². The van der Waals surface area contributed by atoms with E-state index < -0.39 is 5.97 Å². The highest BCUT2D eigenvalue weighted by Crippen LogP contribution is 2.15. The minimum atomic E-state index is -0.801. The van der Waals surface area contributed by atoms with Gasteiger partial charge < -0.3 is 15.2 Å². The first-order valence-electron chi connectivity index (χ1n) is 9.54. The van der Waals surface area contributed by atoms with E-state index in [9.17, 15) is 9.59 Å². The number of nitrogens with one attached hydrogen (secondary N) is 1. The number of hydrogen-bond donors (Lipinski definition) is 2. The normalized spacial score (nSPS) is 15.2. The van der Waals surface area contributed by atoms with E-state index in [1.807, 2.05) is 43.1 Å². The molecule has 2 rings (SSSR count). The summed E-state index contributed by atoms with van der Waals surface area (Å²) in [6.45, 7) is 5.88. The van der Waals surface area contributed by atoms with Gasteiger partial charge in [-0.15, -0.1) is 12.4 Å². The third-order valence-electron chi connectivity index (χ3n) is 4.92. The molecule has 28 heavy (non-hydrogen) atoms. The van der Waals surface area contributed by atoms with Gasteiger partial charge >= 0.3 is 5.97 Å². The number of halogens is 1. The van der Waals surface area contributed by atoms with Gasteiger partial charge in [-0.3, -0.25) is 19.4 Å². The molecule has 0 aliphatic carbocycles. The molecule has 0 unspecified atom stereocenters. The second kappa shape index (κ2) is 12.7. The Kier molecular flexibility index (Phi) is 11.1. The van der Waals surface area contributed by atoms with Crippen molar-refractivity contribution < 1.29 is 19.4 Å². The largest absolute Gasteiger partial charge is 0.480 e. The van der Waals surface area contributed by atoms with Crippen molar-refractivity contribution in [3.8, 4) is 0 Å². The summed E-state index contributed by atoms with van der Waals surface area (Å²) in [5.74, 6) is -0.782. The van der Waals surface area contributed by atoms with E-state index >= 15 is 0 Å². The molecule has 0 bridgehead atoms. The number of nitrogens with zero attached hydrogens (tertiary/aromatic N) is 2. The summed E-state index contributed by atoms with van der Waals surface area (Å²) in [5, 5.41) is 11.8. The first-order valence-corrected chi connectivity index (χ1v) is 9.54. The number of aliphatic carboxylic acids is 1. The van der Waals surface area contributed by atoms with Crippen molar-refractivity contribution in [1.82, 2.24) is 15.1 Å². The van der Waals surface area contributed by atoms with Gasteiger partial charge in [-0.1, -0.05) is 24.3 Å². The molecular formula is C20H32ClN3O4. The second-order valence-corrected chi connectivity index (χ2v) is 7.05. The smallest absolute Gasteiger partial charge is 0.317 e. The summed E-state index contributed by atoms with van der Waals surface area (Å²) in [6, 6.07) is 8.35. The van der Waals surface area contributed by atoms with Crippen LogP contribution in [0.25, 0.3) is 0 Å². The van der Waals surface area contributed by atoms with Gasteiger partial charge in [0, 0.05) is 32.3 Å². The fourth-order valence-corrected chi connectivity index (χ4v) is 3.29. The quantitative estimate of drug-likeness (QED) is 0.608. The third-order valence-corrected chi connectivity index (χ3v) is 4.92. The van der Waals surface area contributed by atoms with Crippen molar-refractivity contribution in [2.75, 3.05) is 39.8 Å². The maximum atomic E-state index is 12.2. The minimum absolute atomic E-state index is 0. The molecular weight excluding hydrogens is 382 g/mol. The van der Waals surface area contributed by atoms with E-state index in [4.69, 9.17) is 9.84 Å². The second-order valence-electron chi connectivity index (χ2n) is 7.05. The Morgan fingerprint density at radius 3 is 2.39 bits per heavy atom. The van der Waals surface area contributed by atoms with Gasteiger partial charge in [-0.25, -0.2) is 0 Å². The number of piperidine rings is 1. The van der Waals surface area contributed by atoms with Crippen molar-refractivity contribution in [2.24, 2.45) is 0 Å². The maximum Gasteiger partial charge on any atom is 0.317 e. The molecule has 0 radical (unpaired) electrons. The Balaban J connectivity index is 0.00000392. The predicted octanol–water partition coefficient (Wildman–Crippen LogP) is 1.74. The minimum Gasteiger partial charge on any atom is -0.480 e. The van der Waals surface area contributed by atoms with Crippen LogP contribution in [0.5, 0.6) is 0 Å². The Morgan fingerprint density at radius 1 is 1.21 bits per heavy atom. The number of hydrogen-bond acceptors (Lipinski definition) is 5. The van der Waals surface area contributed by atoms with Crippen LogP contribution in [0.4, 0.5) is 0 Å². The number of likely N-dealkylation sites (tertiary alicyclic amines) is 1. The fourth-order valence-electron chi connectivity index (χ4n) is 3.29. The topological polar surface area (TPSA) is 82.1 Å². The molecule has 0 spiro atoms. The molecule has 1 fully saturated rings. The van der Waals surface area contributed by atoms with Gasteiger partial charge in [0.15, 0.2) is 0 Å². The zero-order chi connectivity index (χ0) is 19.6. The summed E-state index contributed by atoms with van der Waals surface area (Å²) < 4.78 is 5.38. The lowest BCUT2D eigenvalue weighted by Crippen LogP contribution is -2.47. The molecule has 1 aromatic carbocycles. The van der Waals surface area contributed by atoms with Crippen LogP contribution in [-0.4, -0.2) is 72.7 Å². The third kappa shape index (κ3) is 8.56. The Morgan fingerprint density at radius 2 is 1.82 bits per heavy atom. The lowest BCUT2D eigenvalue weighted by atomic mass is 10.0. The number of benzene rings is 1. The zero-order valence-electron chi connectivity index (χ0n) is 16.7. The molecule has 1 heterocycles. The highest BCUT2D eigenvalue weighted by molar-refractivity contribution is 5.85. The first kappa shape index (κ1) is 24.4. The first-order chi connectivity index (χ1) is 13.0. The summed E-state index contributed by atoms with van der Waals surface area (Å²) in [7, 11) is 1.85. The monoisotopic (exact) mass is 413 g/mol. The summed E-state index contributed by atoms with van der Waals surface area (Å²) in [4.78, 5) is 27.0. The average molecular weight is 414 g/mol. The fraction of sp³-hybridized carbons (Fsp3) is 0.600. The molecule has 2 N–H and O–H groups in total. The number of rotatable bonds is 10. The van der Waals surface area contributed by atoms with Crippen molar-refractivity contribution in [3.63, 3.8) is 0 Å².